The van der Waals surface area contributed by atoms with Crippen molar-refractivity contribution >= 4 is 0 Å². The molecule has 3 unspecified atom stereocenters. The van der Waals surface area contributed by atoms with Crippen LogP contribution in [-0.2, 0) is 6.42 Å². The summed E-state index contributed by atoms with van der Waals surface area (Å²) in [6.07, 6.45) is 4.42. The van der Waals surface area contributed by atoms with Gasteiger partial charge in [-0.3, -0.25) is 4.98 Å². The number of aryl methyl sites for hydroxylation is 1. The summed E-state index contributed by atoms with van der Waals surface area (Å²) >= 11 is 0. The van der Waals surface area contributed by atoms with E-state index in [9.17, 15) is 0 Å². The molecule has 19 heavy (non-hydrogen) atoms. The Labute approximate surface area is 118 Å². The van der Waals surface area contributed by atoms with Gasteiger partial charge in [0.1, 0.15) is 0 Å². The van der Waals surface area contributed by atoms with E-state index in [0.717, 1.165) is 6.54 Å². The van der Waals surface area contributed by atoms with Crippen molar-refractivity contribution in [3.8, 4) is 0 Å². The Morgan fingerprint density at radius 3 is 2.79 bits per heavy atom. The molecule has 1 heterocycles. The smallest absolute Gasteiger partial charge is 0.0469 e. The van der Waals surface area contributed by atoms with Gasteiger partial charge < -0.3 is 5.32 Å². The fraction of sp³-hybridized carbons (Fsp3) is 0.706. The first kappa shape index (κ1) is 14.5. The van der Waals surface area contributed by atoms with E-state index in [4.69, 9.17) is 0 Å². The van der Waals surface area contributed by atoms with Crippen molar-refractivity contribution in [2.45, 2.75) is 58.9 Å². The van der Waals surface area contributed by atoms with Crippen LogP contribution < -0.4 is 5.32 Å². The Bertz CT molecular complexity index is 420. The monoisotopic (exact) mass is 260 g/mol. The van der Waals surface area contributed by atoms with Crippen LogP contribution in [0.25, 0.3) is 0 Å². The number of rotatable bonds is 4. The summed E-state index contributed by atoms with van der Waals surface area (Å²) in [6.45, 7) is 12.5. The molecule has 106 valence electrons. The van der Waals surface area contributed by atoms with Crippen LogP contribution in [0.2, 0.25) is 0 Å². The minimum Gasteiger partial charge on any atom is -0.312 e. The topological polar surface area (TPSA) is 24.9 Å². The van der Waals surface area contributed by atoms with Crippen LogP contribution in [0.15, 0.2) is 18.3 Å². The van der Waals surface area contributed by atoms with Crippen LogP contribution >= 0.6 is 0 Å². The Balaban J connectivity index is 1.99. The highest BCUT2D eigenvalue weighted by molar-refractivity contribution is 5.29. The van der Waals surface area contributed by atoms with Gasteiger partial charge in [0.2, 0.25) is 0 Å². The molecule has 1 aromatic rings. The van der Waals surface area contributed by atoms with Crippen LogP contribution in [0.5, 0.6) is 0 Å². The molecule has 3 atom stereocenters. The number of nitrogens with one attached hydrogen (secondary N) is 1. The first-order valence-corrected chi connectivity index (χ1v) is 7.57. The summed E-state index contributed by atoms with van der Waals surface area (Å²) in [6, 6.07) is 4.31. The molecular formula is C17H28N2. The molecule has 0 amide bonds. The number of aromatic nitrogens is 1. The van der Waals surface area contributed by atoms with E-state index in [-0.39, 0.29) is 5.54 Å². The first-order chi connectivity index (χ1) is 8.88. The highest BCUT2D eigenvalue weighted by atomic mass is 14.9. The lowest BCUT2D eigenvalue weighted by atomic mass is 9.82. The Morgan fingerprint density at radius 1 is 1.37 bits per heavy atom. The van der Waals surface area contributed by atoms with Crippen molar-refractivity contribution in [2.24, 2.45) is 11.8 Å². The SMILES string of the molecule is CC(CNC(C)(C)C)C(C)C1CCc2cccnc21. The van der Waals surface area contributed by atoms with E-state index in [0.29, 0.717) is 17.8 Å². The highest BCUT2D eigenvalue weighted by Gasteiger charge is 2.31. The summed E-state index contributed by atoms with van der Waals surface area (Å²) < 4.78 is 0. The van der Waals surface area contributed by atoms with E-state index in [1.165, 1.54) is 24.1 Å². The molecule has 0 radical (unpaired) electrons. The van der Waals surface area contributed by atoms with Gasteiger partial charge in [-0.15, -0.1) is 0 Å². The van der Waals surface area contributed by atoms with Gasteiger partial charge in [0.25, 0.3) is 0 Å². The molecule has 1 aliphatic carbocycles. The van der Waals surface area contributed by atoms with Gasteiger partial charge in [-0.25, -0.2) is 0 Å². The number of hydrogen-bond donors (Lipinski definition) is 1. The van der Waals surface area contributed by atoms with E-state index < -0.39 is 0 Å². The quantitative estimate of drug-likeness (QED) is 0.891. The second kappa shape index (κ2) is 5.62. The summed E-state index contributed by atoms with van der Waals surface area (Å²) in [4.78, 5) is 4.63. The van der Waals surface area contributed by atoms with Gasteiger partial charge in [0.05, 0.1) is 0 Å². The van der Waals surface area contributed by atoms with Crippen molar-refractivity contribution in [1.82, 2.24) is 10.3 Å². The van der Waals surface area contributed by atoms with Crippen molar-refractivity contribution in [3.63, 3.8) is 0 Å². The maximum atomic E-state index is 4.63. The number of hydrogen-bond acceptors (Lipinski definition) is 2. The number of pyridine rings is 1. The molecule has 0 fully saturated rings. The molecule has 2 heteroatoms. The largest absolute Gasteiger partial charge is 0.312 e. The third-order valence-corrected chi connectivity index (χ3v) is 4.49. The molecule has 1 N–H and O–H groups in total. The molecule has 2 rings (SSSR count). The van der Waals surface area contributed by atoms with Crippen LogP contribution in [0.1, 0.15) is 58.2 Å². The predicted octanol–water partition coefficient (Wildman–Crippen LogP) is 3.77. The highest BCUT2D eigenvalue weighted by Crippen LogP contribution is 2.39. The Morgan fingerprint density at radius 2 is 2.11 bits per heavy atom. The molecule has 0 spiro atoms. The van der Waals surface area contributed by atoms with E-state index in [2.05, 4.69) is 57.1 Å². The van der Waals surface area contributed by atoms with E-state index >= 15 is 0 Å². The normalized spacial score (nSPS) is 22.1. The fourth-order valence-electron chi connectivity index (χ4n) is 3.01. The average Bonchev–Trinajstić information content (AvgIpc) is 2.78. The van der Waals surface area contributed by atoms with Gasteiger partial charge in [-0.05, 0) is 63.6 Å². The molecule has 0 saturated carbocycles. The first-order valence-electron chi connectivity index (χ1n) is 7.57. The average molecular weight is 260 g/mol. The summed E-state index contributed by atoms with van der Waals surface area (Å²) in [5, 5.41) is 3.63. The minimum atomic E-state index is 0.208. The van der Waals surface area contributed by atoms with Gasteiger partial charge in [-0.1, -0.05) is 19.9 Å². The molecule has 0 aliphatic heterocycles. The molecule has 1 aromatic heterocycles. The molecule has 0 saturated heterocycles. The van der Waals surface area contributed by atoms with Gasteiger partial charge in [0.15, 0.2) is 0 Å². The van der Waals surface area contributed by atoms with Gasteiger partial charge >= 0.3 is 0 Å². The van der Waals surface area contributed by atoms with Gasteiger partial charge in [-0.2, -0.15) is 0 Å². The zero-order valence-corrected chi connectivity index (χ0v) is 13.0. The zero-order valence-electron chi connectivity index (χ0n) is 13.0. The predicted molar refractivity (Wildman–Crippen MR) is 81.4 cm³/mol. The van der Waals surface area contributed by atoms with Crippen molar-refractivity contribution in [3.05, 3.63) is 29.6 Å². The van der Waals surface area contributed by atoms with Crippen LogP contribution in [0, 0.1) is 11.8 Å². The Hall–Kier alpha value is -0.890. The van der Waals surface area contributed by atoms with Crippen LogP contribution in [0.3, 0.4) is 0 Å². The van der Waals surface area contributed by atoms with Crippen LogP contribution in [-0.4, -0.2) is 17.1 Å². The molecular weight excluding hydrogens is 232 g/mol. The van der Waals surface area contributed by atoms with Crippen molar-refractivity contribution in [1.29, 1.82) is 0 Å². The lowest BCUT2D eigenvalue weighted by molar-refractivity contribution is 0.281. The number of fused-ring (bicyclic) bond motifs is 1. The number of nitrogens with zero attached hydrogens (tertiary/aromatic N) is 1. The molecule has 0 aromatic carbocycles. The summed E-state index contributed by atoms with van der Waals surface area (Å²) in [5.41, 5.74) is 3.03. The maximum Gasteiger partial charge on any atom is 0.0469 e. The van der Waals surface area contributed by atoms with E-state index in [1.54, 1.807) is 0 Å². The summed E-state index contributed by atoms with van der Waals surface area (Å²) in [5.74, 6) is 2.01. The third-order valence-electron chi connectivity index (χ3n) is 4.49. The lowest BCUT2D eigenvalue weighted by Crippen LogP contribution is -2.40. The van der Waals surface area contributed by atoms with Gasteiger partial charge in [0, 0.05) is 23.3 Å². The Kier molecular flexibility index (Phi) is 4.29. The third kappa shape index (κ3) is 3.56. The molecule has 2 nitrogen and oxygen atoms in total. The zero-order chi connectivity index (χ0) is 14.0. The maximum absolute atomic E-state index is 4.63. The second-order valence-corrected chi connectivity index (χ2v) is 7.16. The van der Waals surface area contributed by atoms with Crippen molar-refractivity contribution < 1.29 is 0 Å². The second-order valence-electron chi connectivity index (χ2n) is 7.16. The standard InChI is InChI=1S/C17H28N2/c1-12(11-19-17(3,4)5)13(2)15-9-8-14-7-6-10-18-16(14)15/h6-7,10,12-13,15,19H,8-9,11H2,1-5H3. The van der Waals surface area contributed by atoms with Crippen LogP contribution in [0.4, 0.5) is 0 Å². The van der Waals surface area contributed by atoms with Crippen molar-refractivity contribution in [2.75, 3.05) is 6.54 Å². The molecule has 1 aliphatic rings. The lowest BCUT2D eigenvalue weighted by Gasteiger charge is -2.29. The summed E-state index contributed by atoms with van der Waals surface area (Å²) in [7, 11) is 0. The fourth-order valence-corrected chi connectivity index (χ4v) is 3.01. The van der Waals surface area contributed by atoms with E-state index in [1.807, 2.05) is 6.20 Å². The minimum absolute atomic E-state index is 0.208. The molecule has 0 bridgehead atoms.